The van der Waals surface area contributed by atoms with Gasteiger partial charge in [-0.25, -0.2) is 0 Å². The predicted molar refractivity (Wildman–Crippen MR) is 92.7 cm³/mol. The first-order valence-corrected chi connectivity index (χ1v) is 8.38. The number of halogens is 2. The molecule has 128 valence electrons. The van der Waals surface area contributed by atoms with Crippen molar-refractivity contribution in [2.75, 3.05) is 38.7 Å². The number of nitro benzene ring substituents is 1. The summed E-state index contributed by atoms with van der Waals surface area (Å²) in [7, 11) is 1.72. The van der Waals surface area contributed by atoms with Gasteiger partial charge in [0.05, 0.1) is 20.7 Å². The van der Waals surface area contributed by atoms with E-state index < -0.39 is 4.92 Å². The molecule has 0 saturated carbocycles. The number of likely N-dealkylation sites (tertiary alicyclic amines) is 1. The molecule has 0 atom stereocenters. The molecule has 0 spiro atoms. The Morgan fingerprint density at radius 3 is 2.48 bits per heavy atom. The summed E-state index contributed by atoms with van der Waals surface area (Å²) in [5, 5.41) is 14.7. The van der Waals surface area contributed by atoms with Crippen molar-refractivity contribution in [1.29, 1.82) is 0 Å². The van der Waals surface area contributed by atoms with Gasteiger partial charge in [0, 0.05) is 51.5 Å². The molecular weight excluding hydrogens is 341 g/mol. The number of non-ortho nitro benzene ring substituents is 1. The van der Waals surface area contributed by atoms with Crippen molar-refractivity contribution < 1.29 is 9.66 Å². The van der Waals surface area contributed by atoms with Crippen molar-refractivity contribution in [3.63, 3.8) is 0 Å². The maximum Gasteiger partial charge on any atom is 0.272 e. The van der Waals surface area contributed by atoms with E-state index in [0.29, 0.717) is 5.69 Å². The van der Waals surface area contributed by atoms with E-state index in [2.05, 4.69) is 10.2 Å². The van der Waals surface area contributed by atoms with Crippen molar-refractivity contribution in [2.24, 2.45) is 0 Å². The molecule has 2 rings (SSSR count). The van der Waals surface area contributed by atoms with Gasteiger partial charge in [-0.3, -0.25) is 10.1 Å². The van der Waals surface area contributed by atoms with E-state index in [1.165, 1.54) is 12.1 Å². The zero-order valence-electron chi connectivity index (χ0n) is 13.1. The van der Waals surface area contributed by atoms with E-state index in [4.69, 9.17) is 27.9 Å². The Labute approximate surface area is 145 Å². The van der Waals surface area contributed by atoms with Crippen molar-refractivity contribution in [1.82, 2.24) is 4.90 Å². The van der Waals surface area contributed by atoms with Gasteiger partial charge >= 0.3 is 0 Å². The summed E-state index contributed by atoms with van der Waals surface area (Å²) in [6.07, 6.45) is 3.00. The monoisotopic (exact) mass is 361 g/mol. The zero-order chi connectivity index (χ0) is 16.8. The summed E-state index contributed by atoms with van der Waals surface area (Å²) in [6, 6.07) is 2.93. The molecule has 1 heterocycles. The molecule has 1 aliphatic rings. The van der Waals surface area contributed by atoms with Crippen molar-refractivity contribution in [3.05, 3.63) is 32.3 Å². The van der Waals surface area contributed by atoms with E-state index in [1.807, 2.05) is 0 Å². The number of nitro groups is 1. The van der Waals surface area contributed by atoms with E-state index in [0.717, 1.165) is 45.5 Å². The number of hydrogen-bond donors (Lipinski definition) is 1. The summed E-state index contributed by atoms with van der Waals surface area (Å²) in [4.78, 5) is 12.7. The van der Waals surface area contributed by atoms with Gasteiger partial charge in [-0.1, -0.05) is 23.2 Å². The van der Waals surface area contributed by atoms with Crippen LogP contribution < -0.4 is 5.32 Å². The third kappa shape index (κ3) is 5.21. The summed E-state index contributed by atoms with van der Waals surface area (Å²) in [5.41, 5.74) is 0.482. The van der Waals surface area contributed by atoms with E-state index in [9.17, 15) is 10.1 Å². The fraction of sp³-hybridized carbons (Fsp3) is 0.600. The minimum atomic E-state index is -0.500. The van der Waals surface area contributed by atoms with Crippen molar-refractivity contribution >= 4 is 34.6 Å². The molecule has 0 aromatic heterocycles. The molecule has 8 heteroatoms. The van der Waals surface area contributed by atoms with Crippen molar-refractivity contribution in [2.45, 2.75) is 25.3 Å². The van der Waals surface area contributed by atoms with Gasteiger partial charge in [0.15, 0.2) is 0 Å². The Morgan fingerprint density at radius 2 is 1.96 bits per heavy atom. The van der Waals surface area contributed by atoms with Crippen LogP contribution in [-0.2, 0) is 4.74 Å². The summed E-state index contributed by atoms with van der Waals surface area (Å²) >= 11 is 12.3. The van der Waals surface area contributed by atoms with Gasteiger partial charge in [-0.2, -0.15) is 0 Å². The first kappa shape index (κ1) is 18.3. The van der Waals surface area contributed by atoms with E-state index in [-0.39, 0.29) is 21.8 Å². The standard InChI is InChI=1S/C15H21Cl2N3O3/c1-23-8-2-5-19-6-3-11(4-7-19)18-15-13(16)9-12(20(21)22)10-14(15)17/h9-11,18H,2-8H2,1H3. The molecule has 1 fully saturated rings. The Bertz CT molecular complexity index is 526. The molecule has 0 amide bonds. The molecule has 0 radical (unpaired) electrons. The average molecular weight is 362 g/mol. The number of ether oxygens (including phenoxy) is 1. The third-order valence-corrected chi connectivity index (χ3v) is 4.59. The second kappa shape index (κ2) is 8.68. The van der Waals surface area contributed by atoms with Gasteiger partial charge in [-0.15, -0.1) is 0 Å². The van der Waals surface area contributed by atoms with Crippen LogP contribution in [0.5, 0.6) is 0 Å². The second-order valence-corrected chi connectivity index (χ2v) is 6.46. The van der Waals surface area contributed by atoms with Crippen LogP contribution >= 0.6 is 23.2 Å². The van der Waals surface area contributed by atoms with Gasteiger partial charge in [0.25, 0.3) is 5.69 Å². The molecule has 0 bridgehead atoms. The molecule has 23 heavy (non-hydrogen) atoms. The van der Waals surface area contributed by atoms with E-state index in [1.54, 1.807) is 7.11 Å². The molecule has 1 saturated heterocycles. The predicted octanol–water partition coefficient (Wildman–Crippen LogP) is 3.81. The maximum absolute atomic E-state index is 10.8. The lowest BCUT2D eigenvalue weighted by Gasteiger charge is -2.33. The average Bonchev–Trinajstić information content (AvgIpc) is 2.52. The fourth-order valence-corrected chi connectivity index (χ4v) is 3.33. The first-order chi connectivity index (χ1) is 11.0. The van der Waals surface area contributed by atoms with Crippen LogP contribution in [0.2, 0.25) is 10.0 Å². The molecule has 0 unspecified atom stereocenters. The quantitative estimate of drug-likeness (QED) is 0.454. The lowest BCUT2D eigenvalue weighted by atomic mass is 10.0. The number of anilines is 1. The van der Waals surface area contributed by atoms with Crippen LogP contribution in [0.15, 0.2) is 12.1 Å². The molecule has 1 aromatic rings. The highest BCUT2D eigenvalue weighted by Gasteiger charge is 2.21. The second-order valence-electron chi connectivity index (χ2n) is 5.65. The van der Waals surface area contributed by atoms with Crippen molar-refractivity contribution in [3.8, 4) is 0 Å². The smallest absolute Gasteiger partial charge is 0.272 e. The van der Waals surface area contributed by atoms with E-state index >= 15 is 0 Å². The number of nitrogens with one attached hydrogen (secondary N) is 1. The van der Waals surface area contributed by atoms with Crippen LogP contribution in [0.25, 0.3) is 0 Å². The van der Waals surface area contributed by atoms with Gasteiger partial charge in [0.2, 0.25) is 0 Å². The lowest BCUT2D eigenvalue weighted by molar-refractivity contribution is -0.384. The summed E-state index contributed by atoms with van der Waals surface area (Å²) < 4.78 is 5.07. The third-order valence-electron chi connectivity index (χ3n) is 4.00. The molecule has 6 nitrogen and oxygen atoms in total. The van der Waals surface area contributed by atoms with Crippen LogP contribution in [-0.4, -0.2) is 49.2 Å². The minimum Gasteiger partial charge on any atom is -0.385 e. The minimum absolute atomic E-state index is 0.0986. The zero-order valence-corrected chi connectivity index (χ0v) is 14.6. The Hall–Kier alpha value is -1.08. The number of hydrogen-bond acceptors (Lipinski definition) is 5. The summed E-state index contributed by atoms with van der Waals surface area (Å²) in [5.74, 6) is 0. The molecule has 1 N–H and O–H groups in total. The highest BCUT2D eigenvalue weighted by atomic mass is 35.5. The molecule has 1 aliphatic heterocycles. The van der Waals surface area contributed by atoms with Crippen LogP contribution in [0.3, 0.4) is 0 Å². The number of methoxy groups -OCH3 is 1. The highest BCUT2D eigenvalue weighted by molar-refractivity contribution is 6.39. The Balaban J connectivity index is 1.90. The number of piperidine rings is 1. The number of nitrogens with zero attached hydrogens (tertiary/aromatic N) is 2. The SMILES string of the molecule is COCCCN1CCC(Nc2c(Cl)cc([N+](=O)[O-])cc2Cl)CC1. The Kier molecular flexibility index (Phi) is 6.89. The first-order valence-electron chi connectivity index (χ1n) is 7.62. The van der Waals surface area contributed by atoms with Crippen LogP contribution in [0.4, 0.5) is 11.4 Å². The molecular formula is C15H21Cl2N3O3. The lowest BCUT2D eigenvalue weighted by Crippen LogP contribution is -2.39. The Morgan fingerprint density at radius 1 is 1.35 bits per heavy atom. The van der Waals surface area contributed by atoms with Gasteiger partial charge in [-0.05, 0) is 19.3 Å². The topological polar surface area (TPSA) is 67.6 Å². The van der Waals surface area contributed by atoms with Crippen LogP contribution in [0.1, 0.15) is 19.3 Å². The largest absolute Gasteiger partial charge is 0.385 e. The number of rotatable bonds is 7. The molecule has 0 aliphatic carbocycles. The number of benzene rings is 1. The van der Waals surface area contributed by atoms with Gasteiger partial charge < -0.3 is 15.0 Å². The molecule has 1 aromatic carbocycles. The maximum atomic E-state index is 10.8. The normalized spacial score (nSPS) is 16.5. The van der Waals surface area contributed by atoms with Crippen LogP contribution in [0, 0.1) is 10.1 Å². The van der Waals surface area contributed by atoms with Gasteiger partial charge in [0.1, 0.15) is 0 Å². The highest BCUT2D eigenvalue weighted by Crippen LogP contribution is 2.35. The fourth-order valence-electron chi connectivity index (χ4n) is 2.74. The summed E-state index contributed by atoms with van der Waals surface area (Å²) in [6.45, 7) is 3.83.